The van der Waals surface area contributed by atoms with Crippen molar-refractivity contribution in [3.63, 3.8) is 0 Å². The molecule has 0 radical (unpaired) electrons. The van der Waals surface area contributed by atoms with E-state index in [4.69, 9.17) is 10.5 Å². The number of nitrogens with two attached hydrogens (primary N) is 1. The second-order valence-electron chi connectivity index (χ2n) is 4.03. The molecule has 0 heterocycles. The van der Waals surface area contributed by atoms with Gasteiger partial charge in [-0.3, -0.25) is 4.79 Å². The first kappa shape index (κ1) is 10.5. The van der Waals surface area contributed by atoms with Gasteiger partial charge in [0.1, 0.15) is 12.1 Å². The molecule has 1 fully saturated rings. The average molecular weight is 185 g/mol. The summed E-state index contributed by atoms with van der Waals surface area (Å²) in [5, 5.41) is 0. The van der Waals surface area contributed by atoms with Gasteiger partial charge in [-0.2, -0.15) is 0 Å². The highest BCUT2D eigenvalue weighted by Gasteiger charge is 2.25. The monoisotopic (exact) mass is 185 g/mol. The molecule has 0 aliphatic heterocycles. The molecule has 13 heavy (non-hydrogen) atoms. The maximum atomic E-state index is 11.2. The number of hydrogen-bond donors (Lipinski definition) is 1. The Balaban J connectivity index is 2.38. The summed E-state index contributed by atoms with van der Waals surface area (Å²) in [4.78, 5) is 11.2. The van der Waals surface area contributed by atoms with E-state index in [1.807, 2.05) is 0 Å². The molecule has 76 valence electrons. The highest BCUT2D eigenvalue weighted by atomic mass is 16.5. The van der Waals surface area contributed by atoms with E-state index < -0.39 is 6.04 Å². The van der Waals surface area contributed by atoms with Gasteiger partial charge in [-0.25, -0.2) is 0 Å². The van der Waals surface area contributed by atoms with E-state index in [-0.39, 0.29) is 12.1 Å². The van der Waals surface area contributed by atoms with Crippen LogP contribution in [0.2, 0.25) is 0 Å². The largest absolute Gasteiger partial charge is 0.461 e. The molecule has 3 atom stereocenters. The Labute approximate surface area is 79.6 Å². The third-order valence-corrected chi connectivity index (χ3v) is 2.67. The second-order valence-corrected chi connectivity index (χ2v) is 4.03. The summed E-state index contributed by atoms with van der Waals surface area (Å²) in [6.45, 7) is 3.80. The van der Waals surface area contributed by atoms with Gasteiger partial charge in [0.25, 0.3) is 0 Å². The Morgan fingerprint density at radius 3 is 2.62 bits per heavy atom. The van der Waals surface area contributed by atoms with E-state index in [1.165, 1.54) is 12.8 Å². The predicted molar refractivity (Wildman–Crippen MR) is 51.2 cm³/mol. The van der Waals surface area contributed by atoms with Crippen LogP contribution >= 0.6 is 0 Å². The summed E-state index contributed by atoms with van der Waals surface area (Å²) in [5.41, 5.74) is 5.42. The van der Waals surface area contributed by atoms with E-state index in [1.54, 1.807) is 6.92 Å². The van der Waals surface area contributed by atoms with Crippen LogP contribution in [0.25, 0.3) is 0 Å². The van der Waals surface area contributed by atoms with E-state index in [0.717, 1.165) is 12.8 Å². The molecule has 0 aromatic heterocycles. The minimum atomic E-state index is -0.492. The van der Waals surface area contributed by atoms with Gasteiger partial charge in [-0.05, 0) is 32.1 Å². The van der Waals surface area contributed by atoms with E-state index in [2.05, 4.69) is 6.92 Å². The van der Waals surface area contributed by atoms with Gasteiger partial charge in [-0.1, -0.05) is 13.3 Å². The third kappa shape index (κ3) is 2.99. The van der Waals surface area contributed by atoms with Crippen molar-refractivity contribution in [3.8, 4) is 0 Å². The average Bonchev–Trinajstić information content (AvgIpc) is 2.08. The van der Waals surface area contributed by atoms with E-state index in [0.29, 0.717) is 5.92 Å². The number of rotatable bonds is 2. The number of carbonyl (C=O) groups is 1. The zero-order valence-corrected chi connectivity index (χ0v) is 8.45. The molecule has 0 amide bonds. The first-order valence-electron chi connectivity index (χ1n) is 5.07. The van der Waals surface area contributed by atoms with Crippen LogP contribution in [0.3, 0.4) is 0 Å². The molecule has 1 saturated carbocycles. The number of ether oxygens (including phenoxy) is 1. The molecule has 0 aromatic rings. The predicted octanol–water partition coefficient (Wildman–Crippen LogP) is 1.46. The summed E-state index contributed by atoms with van der Waals surface area (Å²) < 4.78 is 5.30. The molecule has 0 aromatic carbocycles. The van der Waals surface area contributed by atoms with Crippen LogP contribution in [0.1, 0.15) is 39.5 Å². The van der Waals surface area contributed by atoms with Crippen LogP contribution in [0.4, 0.5) is 0 Å². The minimum absolute atomic E-state index is 0.104. The summed E-state index contributed by atoms with van der Waals surface area (Å²) in [6, 6.07) is -0.492. The van der Waals surface area contributed by atoms with Crippen molar-refractivity contribution in [1.29, 1.82) is 0 Å². The van der Waals surface area contributed by atoms with Crippen LogP contribution in [-0.4, -0.2) is 18.1 Å². The Kier molecular flexibility index (Phi) is 3.72. The molecule has 0 bridgehead atoms. The topological polar surface area (TPSA) is 52.3 Å². The molecule has 1 rings (SSSR count). The molecule has 0 unspecified atom stereocenters. The molecule has 3 heteroatoms. The van der Waals surface area contributed by atoms with Crippen molar-refractivity contribution in [3.05, 3.63) is 0 Å². The normalized spacial score (nSPS) is 31.0. The maximum absolute atomic E-state index is 11.2. The lowest BCUT2D eigenvalue weighted by Gasteiger charge is -2.28. The Morgan fingerprint density at radius 2 is 2.08 bits per heavy atom. The third-order valence-electron chi connectivity index (χ3n) is 2.67. The molecule has 0 saturated heterocycles. The highest BCUT2D eigenvalue weighted by molar-refractivity contribution is 5.75. The van der Waals surface area contributed by atoms with Gasteiger partial charge in [0, 0.05) is 0 Å². The van der Waals surface area contributed by atoms with Gasteiger partial charge in [0.05, 0.1) is 0 Å². The zero-order chi connectivity index (χ0) is 9.84. The SMILES string of the molecule is C[C@H](N)C(=O)O[C@H]1CCCC[C@@H]1C. The lowest BCUT2D eigenvalue weighted by Crippen LogP contribution is -2.35. The Morgan fingerprint density at radius 1 is 1.46 bits per heavy atom. The summed E-state index contributed by atoms with van der Waals surface area (Å²) >= 11 is 0. The summed E-state index contributed by atoms with van der Waals surface area (Å²) in [7, 11) is 0. The van der Waals surface area contributed by atoms with Crippen molar-refractivity contribution in [2.24, 2.45) is 11.7 Å². The highest BCUT2D eigenvalue weighted by Crippen LogP contribution is 2.26. The number of esters is 1. The molecule has 2 N–H and O–H groups in total. The van der Waals surface area contributed by atoms with E-state index in [9.17, 15) is 4.79 Å². The fourth-order valence-electron chi connectivity index (χ4n) is 1.71. The number of carbonyl (C=O) groups excluding carboxylic acids is 1. The van der Waals surface area contributed by atoms with Crippen molar-refractivity contribution in [2.45, 2.75) is 51.7 Å². The fraction of sp³-hybridized carbons (Fsp3) is 0.900. The van der Waals surface area contributed by atoms with Crippen molar-refractivity contribution in [2.75, 3.05) is 0 Å². The molecule has 1 aliphatic rings. The Bertz CT molecular complexity index is 180. The molecule has 0 spiro atoms. The van der Waals surface area contributed by atoms with Crippen molar-refractivity contribution < 1.29 is 9.53 Å². The van der Waals surface area contributed by atoms with Gasteiger partial charge in [0.2, 0.25) is 0 Å². The molecule has 1 aliphatic carbocycles. The van der Waals surface area contributed by atoms with Gasteiger partial charge in [-0.15, -0.1) is 0 Å². The summed E-state index contributed by atoms with van der Waals surface area (Å²) in [5.74, 6) is 0.232. The van der Waals surface area contributed by atoms with Crippen molar-refractivity contribution >= 4 is 5.97 Å². The first-order valence-corrected chi connectivity index (χ1v) is 5.07. The van der Waals surface area contributed by atoms with Crippen LogP contribution in [0.15, 0.2) is 0 Å². The van der Waals surface area contributed by atoms with Gasteiger partial charge in [0.15, 0.2) is 0 Å². The fourth-order valence-corrected chi connectivity index (χ4v) is 1.71. The smallest absolute Gasteiger partial charge is 0.322 e. The van der Waals surface area contributed by atoms with Crippen LogP contribution in [-0.2, 0) is 9.53 Å². The lowest BCUT2D eigenvalue weighted by atomic mass is 9.88. The minimum Gasteiger partial charge on any atom is -0.461 e. The van der Waals surface area contributed by atoms with E-state index >= 15 is 0 Å². The van der Waals surface area contributed by atoms with Crippen LogP contribution in [0, 0.1) is 5.92 Å². The van der Waals surface area contributed by atoms with Crippen LogP contribution in [0.5, 0.6) is 0 Å². The molecule has 3 nitrogen and oxygen atoms in total. The maximum Gasteiger partial charge on any atom is 0.322 e. The zero-order valence-electron chi connectivity index (χ0n) is 8.45. The van der Waals surface area contributed by atoms with Gasteiger partial charge < -0.3 is 10.5 Å². The first-order chi connectivity index (χ1) is 6.11. The Hall–Kier alpha value is -0.570. The second kappa shape index (κ2) is 4.61. The van der Waals surface area contributed by atoms with Gasteiger partial charge >= 0.3 is 5.97 Å². The van der Waals surface area contributed by atoms with Crippen molar-refractivity contribution in [1.82, 2.24) is 0 Å². The molecular formula is C10H19NO2. The lowest BCUT2D eigenvalue weighted by molar-refractivity contribution is -0.154. The number of hydrogen-bond acceptors (Lipinski definition) is 3. The van der Waals surface area contributed by atoms with Crippen LogP contribution < -0.4 is 5.73 Å². The summed E-state index contributed by atoms with van der Waals surface area (Å²) in [6.07, 6.45) is 4.69. The quantitative estimate of drug-likeness (QED) is 0.662. The standard InChI is InChI=1S/C10H19NO2/c1-7-5-3-4-6-9(7)13-10(12)8(2)11/h7-9H,3-6,11H2,1-2H3/t7-,8-,9-/m0/s1. The molecular weight excluding hydrogens is 166 g/mol.